The van der Waals surface area contributed by atoms with Crippen LogP contribution in [0.1, 0.15) is 39.2 Å². The first kappa shape index (κ1) is 23.7. The van der Waals surface area contributed by atoms with Crippen LogP contribution in [-0.4, -0.2) is 41.9 Å². The SMILES string of the molecule is CC(C)NC(=O)[C@H](C)N(CCc1ccccc1)C(=O)CCCOc1ccc(Cl)cc1. The third kappa shape index (κ3) is 8.07. The zero-order valence-corrected chi connectivity index (χ0v) is 18.7. The van der Waals surface area contributed by atoms with E-state index in [4.69, 9.17) is 16.3 Å². The Bertz CT molecular complexity index is 794. The highest BCUT2D eigenvalue weighted by Crippen LogP contribution is 2.16. The fourth-order valence-electron chi connectivity index (χ4n) is 3.06. The molecule has 2 amide bonds. The maximum absolute atomic E-state index is 12.9. The van der Waals surface area contributed by atoms with Crippen molar-refractivity contribution in [3.05, 3.63) is 65.2 Å². The molecule has 0 aromatic heterocycles. The zero-order valence-electron chi connectivity index (χ0n) is 17.9. The Morgan fingerprint density at radius 2 is 1.70 bits per heavy atom. The van der Waals surface area contributed by atoms with Gasteiger partial charge in [-0.25, -0.2) is 0 Å². The van der Waals surface area contributed by atoms with Gasteiger partial charge in [0.15, 0.2) is 0 Å². The predicted octanol–water partition coefficient (Wildman–Crippen LogP) is 4.48. The fourth-order valence-corrected chi connectivity index (χ4v) is 3.19. The highest BCUT2D eigenvalue weighted by molar-refractivity contribution is 6.30. The number of nitrogens with one attached hydrogen (secondary N) is 1. The summed E-state index contributed by atoms with van der Waals surface area (Å²) in [7, 11) is 0. The Balaban J connectivity index is 1.92. The van der Waals surface area contributed by atoms with E-state index >= 15 is 0 Å². The standard InChI is InChI=1S/C24H31ClN2O3/c1-18(2)26-24(29)19(3)27(16-15-20-8-5-4-6-9-20)23(28)10-7-17-30-22-13-11-21(25)12-14-22/h4-6,8-9,11-14,18-19H,7,10,15-17H2,1-3H3,(H,26,29)/t19-/m0/s1. The van der Waals surface area contributed by atoms with Gasteiger partial charge in [-0.3, -0.25) is 9.59 Å². The maximum atomic E-state index is 12.9. The predicted molar refractivity (Wildman–Crippen MR) is 121 cm³/mol. The van der Waals surface area contributed by atoms with Crippen molar-refractivity contribution in [1.82, 2.24) is 10.2 Å². The van der Waals surface area contributed by atoms with Crippen LogP contribution in [0.25, 0.3) is 0 Å². The Morgan fingerprint density at radius 1 is 1.03 bits per heavy atom. The summed E-state index contributed by atoms with van der Waals surface area (Å²) in [6, 6.07) is 16.6. The van der Waals surface area contributed by atoms with Crippen LogP contribution >= 0.6 is 11.6 Å². The van der Waals surface area contributed by atoms with Crippen LogP contribution in [0.2, 0.25) is 5.02 Å². The van der Waals surface area contributed by atoms with Gasteiger partial charge in [-0.2, -0.15) is 0 Å². The summed E-state index contributed by atoms with van der Waals surface area (Å²) in [5.74, 6) is 0.540. The number of ether oxygens (including phenoxy) is 1. The molecule has 1 atom stereocenters. The molecule has 2 aromatic rings. The average molecular weight is 431 g/mol. The lowest BCUT2D eigenvalue weighted by molar-refractivity contribution is -0.140. The number of hydrogen-bond acceptors (Lipinski definition) is 3. The van der Waals surface area contributed by atoms with Gasteiger partial charge in [0, 0.05) is 24.0 Å². The molecule has 0 aliphatic heterocycles. The quantitative estimate of drug-likeness (QED) is 0.534. The molecule has 2 rings (SSSR count). The molecule has 0 heterocycles. The monoisotopic (exact) mass is 430 g/mol. The number of nitrogens with zero attached hydrogens (tertiary/aromatic N) is 1. The Labute approximate surface area is 184 Å². The number of benzene rings is 2. The van der Waals surface area contributed by atoms with Crippen molar-refractivity contribution >= 4 is 23.4 Å². The van der Waals surface area contributed by atoms with E-state index < -0.39 is 6.04 Å². The number of carbonyl (C=O) groups excluding carboxylic acids is 2. The highest BCUT2D eigenvalue weighted by atomic mass is 35.5. The second kappa shape index (κ2) is 12.2. The van der Waals surface area contributed by atoms with Crippen molar-refractivity contribution < 1.29 is 14.3 Å². The summed E-state index contributed by atoms with van der Waals surface area (Å²) in [4.78, 5) is 27.1. The number of rotatable bonds is 11. The Morgan fingerprint density at radius 3 is 2.33 bits per heavy atom. The molecule has 162 valence electrons. The van der Waals surface area contributed by atoms with Crippen molar-refractivity contribution in [2.75, 3.05) is 13.2 Å². The second-order valence-corrected chi connectivity index (χ2v) is 8.00. The van der Waals surface area contributed by atoms with Crippen LogP contribution < -0.4 is 10.1 Å². The summed E-state index contributed by atoms with van der Waals surface area (Å²) in [6.07, 6.45) is 1.59. The lowest BCUT2D eigenvalue weighted by atomic mass is 10.1. The molecule has 0 radical (unpaired) electrons. The van der Waals surface area contributed by atoms with Gasteiger partial charge in [0.1, 0.15) is 11.8 Å². The summed E-state index contributed by atoms with van der Waals surface area (Å²) in [6.45, 7) is 6.52. The number of halogens is 1. The van der Waals surface area contributed by atoms with Crippen LogP contribution in [-0.2, 0) is 16.0 Å². The summed E-state index contributed by atoms with van der Waals surface area (Å²) in [5.41, 5.74) is 1.14. The molecule has 5 nitrogen and oxygen atoms in total. The van der Waals surface area contributed by atoms with Crippen molar-refractivity contribution in [2.45, 2.75) is 52.1 Å². The molecule has 0 fully saturated rings. The molecule has 6 heteroatoms. The molecule has 0 aliphatic rings. The minimum absolute atomic E-state index is 0.0267. The van der Waals surface area contributed by atoms with E-state index in [1.54, 1.807) is 36.1 Å². The lowest BCUT2D eigenvalue weighted by Gasteiger charge is -2.29. The van der Waals surface area contributed by atoms with Gasteiger partial charge in [0.25, 0.3) is 0 Å². The van der Waals surface area contributed by atoms with E-state index in [2.05, 4.69) is 5.32 Å². The first-order valence-corrected chi connectivity index (χ1v) is 10.8. The number of hydrogen-bond donors (Lipinski definition) is 1. The van der Waals surface area contributed by atoms with Gasteiger partial charge in [-0.05, 0) is 63.4 Å². The molecule has 1 N–H and O–H groups in total. The molecule has 0 saturated carbocycles. The largest absolute Gasteiger partial charge is 0.494 e. The molecule has 0 saturated heterocycles. The van der Waals surface area contributed by atoms with Gasteiger partial charge >= 0.3 is 0 Å². The topological polar surface area (TPSA) is 58.6 Å². The minimum atomic E-state index is -0.527. The van der Waals surface area contributed by atoms with Gasteiger partial charge in [0.2, 0.25) is 11.8 Å². The van der Waals surface area contributed by atoms with Crippen molar-refractivity contribution in [3.8, 4) is 5.75 Å². The summed E-state index contributed by atoms with van der Waals surface area (Å²) >= 11 is 5.87. The Hall–Kier alpha value is -2.53. The normalized spacial score (nSPS) is 11.8. The van der Waals surface area contributed by atoms with Gasteiger partial charge in [0.05, 0.1) is 6.61 Å². The first-order chi connectivity index (χ1) is 14.4. The fraction of sp³-hybridized carbons (Fsp3) is 0.417. The molecule has 0 spiro atoms. The van der Waals surface area contributed by atoms with Crippen LogP contribution in [0.15, 0.2) is 54.6 Å². The smallest absolute Gasteiger partial charge is 0.242 e. The van der Waals surface area contributed by atoms with Crippen LogP contribution in [0.5, 0.6) is 5.75 Å². The molecule has 0 aliphatic carbocycles. The summed E-state index contributed by atoms with van der Waals surface area (Å²) in [5, 5.41) is 3.55. The second-order valence-electron chi connectivity index (χ2n) is 7.57. The van der Waals surface area contributed by atoms with Gasteiger partial charge in [-0.1, -0.05) is 41.9 Å². The number of amides is 2. The van der Waals surface area contributed by atoms with Crippen LogP contribution in [0.4, 0.5) is 0 Å². The third-order valence-electron chi connectivity index (χ3n) is 4.70. The maximum Gasteiger partial charge on any atom is 0.242 e. The highest BCUT2D eigenvalue weighted by Gasteiger charge is 2.25. The van der Waals surface area contributed by atoms with E-state index in [0.29, 0.717) is 37.4 Å². The van der Waals surface area contributed by atoms with Crippen molar-refractivity contribution in [2.24, 2.45) is 0 Å². The first-order valence-electron chi connectivity index (χ1n) is 10.4. The van der Waals surface area contributed by atoms with E-state index in [1.165, 1.54) is 0 Å². The Kier molecular flexibility index (Phi) is 9.68. The molecule has 0 bridgehead atoms. The molecule has 2 aromatic carbocycles. The lowest BCUT2D eigenvalue weighted by Crippen LogP contribution is -2.50. The van der Waals surface area contributed by atoms with Crippen LogP contribution in [0.3, 0.4) is 0 Å². The van der Waals surface area contributed by atoms with Crippen molar-refractivity contribution in [1.29, 1.82) is 0 Å². The van der Waals surface area contributed by atoms with Crippen LogP contribution in [0, 0.1) is 0 Å². The number of carbonyl (C=O) groups is 2. The van der Waals surface area contributed by atoms with E-state index in [9.17, 15) is 9.59 Å². The van der Waals surface area contributed by atoms with Crippen molar-refractivity contribution in [3.63, 3.8) is 0 Å². The third-order valence-corrected chi connectivity index (χ3v) is 4.95. The summed E-state index contributed by atoms with van der Waals surface area (Å²) < 4.78 is 5.67. The van der Waals surface area contributed by atoms with E-state index in [0.717, 1.165) is 11.3 Å². The van der Waals surface area contributed by atoms with Gasteiger partial charge < -0.3 is 15.0 Å². The molecular formula is C24H31ClN2O3. The van der Waals surface area contributed by atoms with Gasteiger partial charge in [-0.15, -0.1) is 0 Å². The average Bonchev–Trinajstić information content (AvgIpc) is 2.72. The zero-order chi connectivity index (χ0) is 21.9. The minimum Gasteiger partial charge on any atom is -0.494 e. The molecule has 0 unspecified atom stereocenters. The van der Waals surface area contributed by atoms with E-state index in [-0.39, 0.29) is 17.9 Å². The molecule has 30 heavy (non-hydrogen) atoms. The van der Waals surface area contributed by atoms with E-state index in [1.807, 2.05) is 44.2 Å². The molecular weight excluding hydrogens is 400 g/mol.